The first-order valence-electron chi connectivity index (χ1n) is 12.6. The van der Waals surface area contributed by atoms with E-state index in [0.29, 0.717) is 47.7 Å². The summed E-state index contributed by atoms with van der Waals surface area (Å²) >= 11 is 0. The fourth-order valence-corrected chi connectivity index (χ4v) is 4.32. The largest absolute Gasteiger partial charge is 0.504 e. The molecule has 5 heteroatoms. The summed E-state index contributed by atoms with van der Waals surface area (Å²) in [5.41, 5.74) is 5.28. The molecule has 5 nitrogen and oxygen atoms in total. The van der Waals surface area contributed by atoms with Crippen LogP contribution in [0.3, 0.4) is 0 Å². The lowest BCUT2D eigenvalue weighted by Crippen LogP contribution is -2.03. The second-order valence-corrected chi connectivity index (χ2v) is 9.44. The molecule has 1 saturated carbocycles. The zero-order chi connectivity index (χ0) is 25.8. The van der Waals surface area contributed by atoms with Crippen molar-refractivity contribution in [2.24, 2.45) is 5.92 Å². The highest BCUT2D eigenvalue weighted by atomic mass is 16.5. The maximum Gasteiger partial charge on any atom is 0.170 e. The Hall–Kier alpha value is -4.12. The van der Waals surface area contributed by atoms with Gasteiger partial charge in [-0.2, -0.15) is 0 Å². The Kier molecular flexibility index (Phi) is 7.22. The second kappa shape index (κ2) is 10.9. The van der Waals surface area contributed by atoms with Crippen molar-refractivity contribution in [2.75, 3.05) is 20.8 Å². The summed E-state index contributed by atoms with van der Waals surface area (Å²) in [6.45, 7) is 3.05. The van der Waals surface area contributed by atoms with E-state index in [1.165, 1.54) is 5.56 Å². The van der Waals surface area contributed by atoms with Gasteiger partial charge in [0.1, 0.15) is 12.4 Å². The molecule has 0 aliphatic heterocycles. The summed E-state index contributed by atoms with van der Waals surface area (Å²) in [5.74, 6) is 2.79. The van der Waals surface area contributed by atoms with Crippen LogP contribution in [0.15, 0.2) is 78.9 Å². The summed E-state index contributed by atoms with van der Waals surface area (Å²) in [6, 6.07) is 25.7. The minimum Gasteiger partial charge on any atom is -0.504 e. The maximum absolute atomic E-state index is 11.6. The van der Waals surface area contributed by atoms with E-state index in [0.717, 1.165) is 35.1 Å². The topological polar surface area (TPSA) is 57.2 Å². The molecule has 0 radical (unpaired) electrons. The first kappa shape index (κ1) is 24.6. The Balaban J connectivity index is 1.54. The number of aromatic hydroxyl groups is 1. The molecule has 0 atom stereocenters. The molecular formula is C32H32O5. The van der Waals surface area contributed by atoms with Crippen molar-refractivity contribution in [2.45, 2.75) is 26.4 Å². The van der Waals surface area contributed by atoms with Crippen LogP contribution in [-0.2, 0) is 6.61 Å². The predicted octanol–water partition coefficient (Wildman–Crippen LogP) is 7.42. The summed E-state index contributed by atoms with van der Waals surface area (Å²) < 4.78 is 23.7. The van der Waals surface area contributed by atoms with E-state index >= 15 is 0 Å². The molecule has 1 aliphatic rings. The van der Waals surface area contributed by atoms with E-state index in [9.17, 15) is 5.11 Å². The average Bonchev–Trinajstić information content (AvgIpc) is 3.76. The van der Waals surface area contributed by atoms with Crippen LogP contribution in [0.2, 0.25) is 0 Å². The highest BCUT2D eigenvalue weighted by molar-refractivity contribution is 5.88. The fraction of sp³-hybridized carbons (Fsp3) is 0.250. The Labute approximate surface area is 218 Å². The van der Waals surface area contributed by atoms with Gasteiger partial charge in [0.15, 0.2) is 23.0 Å². The first-order chi connectivity index (χ1) is 18.1. The number of hydrogen-bond donors (Lipinski definition) is 1. The lowest BCUT2D eigenvalue weighted by molar-refractivity contribution is 0.284. The van der Waals surface area contributed by atoms with Crippen LogP contribution in [-0.4, -0.2) is 25.9 Å². The summed E-state index contributed by atoms with van der Waals surface area (Å²) in [5, 5.41) is 11.6. The van der Waals surface area contributed by atoms with Crippen LogP contribution < -0.4 is 18.9 Å². The van der Waals surface area contributed by atoms with Gasteiger partial charge < -0.3 is 24.1 Å². The molecule has 1 fully saturated rings. The Morgan fingerprint density at radius 2 is 1.46 bits per heavy atom. The van der Waals surface area contributed by atoms with Crippen molar-refractivity contribution in [1.82, 2.24) is 0 Å². The molecule has 0 heterocycles. The third kappa shape index (κ3) is 5.51. The van der Waals surface area contributed by atoms with Crippen LogP contribution in [0.25, 0.3) is 22.3 Å². The van der Waals surface area contributed by atoms with Crippen molar-refractivity contribution in [1.29, 1.82) is 0 Å². The van der Waals surface area contributed by atoms with E-state index in [2.05, 4.69) is 19.1 Å². The molecule has 190 valence electrons. The predicted molar refractivity (Wildman–Crippen MR) is 146 cm³/mol. The Morgan fingerprint density at radius 3 is 2.14 bits per heavy atom. The van der Waals surface area contributed by atoms with Gasteiger partial charge in [-0.1, -0.05) is 66.2 Å². The van der Waals surface area contributed by atoms with E-state index in [1.54, 1.807) is 14.2 Å². The molecule has 0 aromatic heterocycles. The summed E-state index contributed by atoms with van der Waals surface area (Å²) in [7, 11) is 3.22. The van der Waals surface area contributed by atoms with Crippen LogP contribution in [0.1, 0.15) is 24.0 Å². The monoisotopic (exact) mass is 496 g/mol. The van der Waals surface area contributed by atoms with Crippen molar-refractivity contribution in [3.63, 3.8) is 0 Å². The van der Waals surface area contributed by atoms with Gasteiger partial charge in [-0.3, -0.25) is 0 Å². The lowest BCUT2D eigenvalue weighted by Gasteiger charge is -2.20. The van der Waals surface area contributed by atoms with Crippen LogP contribution in [0, 0.1) is 12.8 Å². The number of aryl methyl sites for hydroxylation is 1. The number of phenolic OH excluding ortho intramolecular Hbond substituents is 1. The molecule has 0 amide bonds. The smallest absolute Gasteiger partial charge is 0.170 e. The SMILES string of the molecule is COc1cc(-c2c(OC)cc(-c3ccc(C)cc3)c(OCC3CC3)c2O)ccc1OCc1ccccc1. The molecular weight excluding hydrogens is 464 g/mol. The standard InChI is InChI=1S/C32H32O5/c1-21-9-13-24(14-10-21)26-18-29(35-3)30(31(33)32(26)37-20-23-11-12-23)25-15-16-27(28(17-25)34-2)36-19-22-7-5-4-6-8-22/h4-10,13-18,23,33H,11-12,19-20H2,1-3H3. The fourth-order valence-electron chi connectivity index (χ4n) is 4.32. The highest BCUT2D eigenvalue weighted by Crippen LogP contribution is 2.51. The third-order valence-corrected chi connectivity index (χ3v) is 6.65. The normalized spacial score (nSPS) is 12.7. The molecule has 0 spiro atoms. The van der Waals surface area contributed by atoms with Crippen LogP contribution >= 0.6 is 0 Å². The minimum absolute atomic E-state index is 0.0515. The number of hydrogen-bond acceptors (Lipinski definition) is 5. The number of ether oxygens (including phenoxy) is 4. The number of methoxy groups -OCH3 is 2. The quantitative estimate of drug-likeness (QED) is 0.248. The van der Waals surface area contributed by atoms with Crippen molar-refractivity contribution < 1.29 is 24.1 Å². The summed E-state index contributed by atoms with van der Waals surface area (Å²) in [4.78, 5) is 0. The molecule has 1 aliphatic carbocycles. The summed E-state index contributed by atoms with van der Waals surface area (Å²) in [6.07, 6.45) is 2.32. The van der Waals surface area contributed by atoms with Gasteiger partial charge in [-0.25, -0.2) is 0 Å². The molecule has 1 N–H and O–H groups in total. The molecule has 0 bridgehead atoms. The number of rotatable bonds is 10. The van der Waals surface area contributed by atoms with Gasteiger partial charge in [-0.05, 0) is 60.6 Å². The number of phenols is 1. The molecule has 0 unspecified atom stereocenters. The first-order valence-corrected chi connectivity index (χ1v) is 12.6. The molecule has 5 rings (SSSR count). The van der Waals surface area contributed by atoms with E-state index < -0.39 is 0 Å². The van der Waals surface area contributed by atoms with Gasteiger partial charge in [0, 0.05) is 5.56 Å². The molecule has 37 heavy (non-hydrogen) atoms. The van der Waals surface area contributed by atoms with Gasteiger partial charge in [0.25, 0.3) is 0 Å². The van der Waals surface area contributed by atoms with Crippen molar-refractivity contribution in [3.05, 3.63) is 90.0 Å². The van der Waals surface area contributed by atoms with Gasteiger partial charge in [-0.15, -0.1) is 0 Å². The third-order valence-electron chi connectivity index (χ3n) is 6.65. The van der Waals surface area contributed by atoms with E-state index in [-0.39, 0.29) is 5.75 Å². The zero-order valence-electron chi connectivity index (χ0n) is 21.5. The lowest BCUT2D eigenvalue weighted by atomic mass is 9.96. The minimum atomic E-state index is 0.0515. The van der Waals surface area contributed by atoms with Crippen LogP contribution in [0.4, 0.5) is 0 Å². The van der Waals surface area contributed by atoms with E-state index in [4.69, 9.17) is 18.9 Å². The number of benzene rings is 4. The Morgan fingerprint density at radius 1 is 0.757 bits per heavy atom. The molecule has 4 aromatic rings. The van der Waals surface area contributed by atoms with Gasteiger partial charge >= 0.3 is 0 Å². The van der Waals surface area contributed by atoms with E-state index in [1.807, 2.05) is 66.7 Å². The van der Waals surface area contributed by atoms with Crippen molar-refractivity contribution >= 4 is 0 Å². The van der Waals surface area contributed by atoms with Gasteiger partial charge in [0.2, 0.25) is 0 Å². The average molecular weight is 497 g/mol. The zero-order valence-corrected chi connectivity index (χ0v) is 21.5. The van der Waals surface area contributed by atoms with Gasteiger partial charge in [0.05, 0.1) is 26.4 Å². The Bertz CT molecular complexity index is 1360. The molecule has 4 aromatic carbocycles. The van der Waals surface area contributed by atoms with Crippen molar-refractivity contribution in [3.8, 4) is 51.0 Å². The second-order valence-electron chi connectivity index (χ2n) is 9.44. The highest BCUT2D eigenvalue weighted by Gasteiger charge is 2.27. The maximum atomic E-state index is 11.6. The molecule has 0 saturated heterocycles. The van der Waals surface area contributed by atoms with Crippen LogP contribution in [0.5, 0.6) is 28.7 Å².